The van der Waals surface area contributed by atoms with E-state index >= 15 is 0 Å². The highest BCUT2D eigenvalue weighted by atomic mass is 35.5. The summed E-state index contributed by atoms with van der Waals surface area (Å²) in [4.78, 5) is 11.1. The highest BCUT2D eigenvalue weighted by Crippen LogP contribution is 2.19. The SMILES string of the molecule is CC(Cl)(Cl)C(=O)NCC1OCCO1. The number of hydrogen-bond acceptors (Lipinski definition) is 3. The van der Waals surface area contributed by atoms with Crippen molar-refractivity contribution in [2.45, 2.75) is 17.5 Å². The Balaban J connectivity index is 2.22. The van der Waals surface area contributed by atoms with Crippen LogP contribution in [0.5, 0.6) is 0 Å². The molecule has 0 aromatic rings. The van der Waals surface area contributed by atoms with Gasteiger partial charge in [-0.3, -0.25) is 4.79 Å². The maximum atomic E-state index is 11.1. The zero-order chi connectivity index (χ0) is 9.90. The normalized spacial score (nSPS) is 19.0. The lowest BCUT2D eigenvalue weighted by molar-refractivity contribution is -0.123. The molecular formula is C7H11Cl2NO3. The van der Waals surface area contributed by atoms with Crippen molar-refractivity contribution < 1.29 is 14.3 Å². The standard InChI is InChI=1S/C7H11Cl2NO3/c1-7(8,9)6(11)10-4-5-12-2-3-13-5/h5H,2-4H2,1H3,(H,10,11). The Morgan fingerprint density at radius 2 is 2.08 bits per heavy atom. The first-order valence-electron chi connectivity index (χ1n) is 3.89. The molecule has 0 radical (unpaired) electrons. The molecule has 1 rings (SSSR count). The topological polar surface area (TPSA) is 47.6 Å². The van der Waals surface area contributed by atoms with Crippen LogP contribution in [0.2, 0.25) is 0 Å². The lowest BCUT2D eigenvalue weighted by Crippen LogP contribution is -2.40. The summed E-state index contributed by atoms with van der Waals surface area (Å²) < 4.78 is 8.78. The van der Waals surface area contributed by atoms with Crippen LogP contribution in [0.1, 0.15) is 6.92 Å². The van der Waals surface area contributed by atoms with Gasteiger partial charge < -0.3 is 14.8 Å². The second-order valence-electron chi connectivity index (χ2n) is 2.77. The summed E-state index contributed by atoms with van der Waals surface area (Å²) in [5.41, 5.74) is 0. The number of carbonyl (C=O) groups excluding carboxylic acids is 1. The molecule has 0 bridgehead atoms. The molecule has 0 aromatic carbocycles. The number of nitrogens with one attached hydrogen (secondary N) is 1. The lowest BCUT2D eigenvalue weighted by atomic mass is 10.4. The summed E-state index contributed by atoms with van der Waals surface area (Å²) in [6.07, 6.45) is -0.375. The minimum atomic E-state index is -1.40. The van der Waals surface area contributed by atoms with Gasteiger partial charge in [0.1, 0.15) is 0 Å². The molecular weight excluding hydrogens is 217 g/mol. The highest BCUT2D eigenvalue weighted by Gasteiger charge is 2.28. The Bertz CT molecular complexity index is 187. The van der Waals surface area contributed by atoms with Crippen LogP contribution >= 0.6 is 23.2 Å². The smallest absolute Gasteiger partial charge is 0.256 e. The van der Waals surface area contributed by atoms with Gasteiger partial charge in [0.05, 0.1) is 19.8 Å². The first-order valence-corrected chi connectivity index (χ1v) is 4.65. The molecule has 1 fully saturated rings. The second kappa shape index (κ2) is 4.46. The molecule has 0 unspecified atom stereocenters. The van der Waals surface area contributed by atoms with Gasteiger partial charge in [-0.2, -0.15) is 0 Å². The minimum absolute atomic E-state index is 0.272. The molecule has 76 valence electrons. The lowest BCUT2D eigenvalue weighted by Gasteiger charge is -2.15. The molecule has 1 aliphatic rings. The number of hydrogen-bond donors (Lipinski definition) is 1. The van der Waals surface area contributed by atoms with Crippen molar-refractivity contribution in [3.8, 4) is 0 Å². The average molecular weight is 228 g/mol. The second-order valence-corrected chi connectivity index (χ2v) is 4.47. The molecule has 6 heteroatoms. The van der Waals surface area contributed by atoms with Gasteiger partial charge in [0, 0.05) is 0 Å². The van der Waals surface area contributed by atoms with Crippen molar-refractivity contribution in [3.63, 3.8) is 0 Å². The van der Waals surface area contributed by atoms with Crippen LogP contribution in [0, 0.1) is 0 Å². The summed E-state index contributed by atoms with van der Waals surface area (Å²) in [5.74, 6) is -0.449. The Morgan fingerprint density at radius 1 is 1.54 bits per heavy atom. The molecule has 1 aliphatic heterocycles. The van der Waals surface area contributed by atoms with Crippen molar-refractivity contribution in [1.29, 1.82) is 0 Å². The molecule has 1 amide bonds. The molecule has 1 heterocycles. The van der Waals surface area contributed by atoms with Gasteiger partial charge >= 0.3 is 0 Å². The van der Waals surface area contributed by atoms with Crippen LogP contribution in [0.25, 0.3) is 0 Å². The highest BCUT2D eigenvalue weighted by molar-refractivity contribution is 6.57. The van der Waals surface area contributed by atoms with Gasteiger partial charge in [-0.25, -0.2) is 0 Å². The first kappa shape index (κ1) is 11.0. The van der Waals surface area contributed by atoms with E-state index in [2.05, 4.69) is 5.32 Å². The molecule has 0 atom stereocenters. The van der Waals surface area contributed by atoms with Crippen molar-refractivity contribution in [2.75, 3.05) is 19.8 Å². The fourth-order valence-corrected chi connectivity index (χ4v) is 0.990. The van der Waals surface area contributed by atoms with Crippen molar-refractivity contribution in [1.82, 2.24) is 5.32 Å². The quantitative estimate of drug-likeness (QED) is 0.722. The van der Waals surface area contributed by atoms with Gasteiger partial charge in [0.25, 0.3) is 5.91 Å². The van der Waals surface area contributed by atoms with Crippen LogP contribution in [-0.4, -0.2) is 36.3 Å². The van der Waals surface area contributed by atoms with Gasteiger partial charge in [0.15, 0.2) is 10.6 Å². The van der Waals surface area contributed by atoms with E-state index in [1.54, 1.807) is 0 Å². The molecule has 0 saturated carbocycles. The summed E-state index contributed by atoms with van der Waals surface area (Å²) >= 11 is 11.1. The van der Waals surface area contributed by atoms with Gasteiger partial charge in [-0.05, 0) is 6.92 Å². The maximum Gasteiger partial charge on any atom is 0.256 e. The summed E-state index contributed by atoms with van der Waals surface area (Å²) in [6.45, 7) is 2.79. The number of rotatable bonds is 3. The third-order valence-corrected chi connectivity index (χ3v) is 1.86. The third-order valence-electron chi connectivity index (χ3n) is 1.52. The van der Waals surface area contributed by atoms with Crippen LogP contribution in [0.3, 0.4) is 0 Å². The summed E-state index contributed by atoms with van der Waals surface area (Å²) in [6, 6.07) is 0. The van der Waals surface area contributed by atoms with Crippen molar-refractivity contribution in [2.24, 2.45) is 0 Å². The molecule has 4 nitrogen and oxygen atoms in total. The van der Waals surface area contributed by atoms with Gasteiger partial charge in [-0.1, -0.05) is 23.2 Å². The predicted octanol–water partition coefficient (Wildman–Crippen LogP) is 0.669. The van der Waals surface area contributed by atoms with E-state index < -0.39 is 10.2 Å². The molecule has 0 aliphatic carbocycles. The monoisotopic (exact) mass is 227 g/mol. The Morgan fingerprint density at radius 3 is 2.54 bits per heavy atom. The Hall–Kier alpha value is -0.0300. The van der Waals surface area contributed by atoms with E-state index in [9.17, 15) is 4.79 Å². The Kier molecular flexibility index (Phi) is 3.79. The maximum absolute atomic E-state index is 11.1. The molecule has 1 saturated heterocycles. The first-order chi connectivity index (χ1) is 6.00. The zero-order valence-corrected chi connectivity index (χ0v) is 8.69. The van der Waals surface area contributed by atoms with E-state index in [1.165, 1.54) is 6.92 Å². The van der Waals surface area contributed by atoms with E-state index in [0.29, 0.717) is 13.2 Å². The zero-order valence-electron chi connectivity index (χ0n) is 7.18. The Labute approximate surface area is 86.5 Å². The number of amides is 1. The van der Waals surface area contributed by atoms with Crippen LogP contribution in [0.4, 0.5) is 0 Å². The largest absolute Gasteiger partial charge is 0.348 e. The minimum Gasteiger partial charge on any atom is -0.348 e. The van der Waals surface area contributed by atoms with Crippen LogP contribution < -0.4 is 5.32 Å². The van der Waals surface area contributed by atoms with Crippen LogP contribution in [0.15, 0.2) is 0 Å². The average Bonchev–Trinajstić information content (AvgIpc) is 2.50. The molecule has 1 N–H and O–H groups in total. The van der Waals surface area contributed by atoms with Gasteiger partial charge in [0.2, 0.25) is 0 Å². The number of carbonyl (C=O) groups is 1. The van der Waals surface area contributed by atoms with Gasteiger partial charge in [-0.15, -0.1) is 0 Å². The molecule has 13 heavy (non-hydrogen) atoms. The predicted molar refractivity (Wildman–Crippen MR) is 48.8 cm³/mol. The third kappa shape index (κ3) is 3.68. The summed E-state index contributed by atoms with van der Waals surface area (Å²) in [5, 5.41) is 2.51. The van der Waals surface area contributed by atoms with E-state index in [4.69, 9.17) is 32.7 Å². The number of halogens is 2. The van der Waals surface area contributed by atoms with Crippen LogP contribution in [-0.2, 0) is 14.3 Å². The number of alkyl halides is 2. The van der Waals surface area contributed by atoms with Crippen molar-refractivity contribution in [3.05, 3.63) is 0 Å². The summed E-state index contributed by atoms with van der Waals surface area (Å²) in [7, 11) is 0. The fourth-order valence-electron chi connectivity index (χ4n) is 0.856. The molecule has 0 aromatic heterocycles. The van der Waals surface area contributed by atoms with E-state index in [-0.39, 0.29) is 12.8 Å². The fraction of sp³-hybridized carbons (Fsp3) is 0.857. The number of ether oxygens (including phenoxy) is 2. The molecule has 0 spiro atoms. The van der Waals surface area contributed by atoms with E-state index in [1.807, 2.05) is 0 Å². The van der Waals surface area contributed by atoms with Crippen molar-refractivity contribution >= 4 is 29.1 Å². The van der Waals surface area contributed by atoms with E-state index in [0.717, 1.165) is 0 Å².